The third kappa shape index (κ3) is 3.66. The van der Waals surface area contributed by atoms with Crippen LogP contribution in [-0.4, -0.2) is 17.5 Å². The average molecular weight is 283 g/mol. The van der Waals surface area contributed by atoms with Gasteiger partial charge in [0.2, 0.25) is 0 Å². The van der Waals surface area contributed by atoms with Gasteiger partial charge in [0, 0.05) is 18.0 Å². The predicted octanol–water partition coefficient (Wildman–Crippen LogP) is 2.31. The Labute approximate surface area is 114 Å². The van der Waals surface area contributed by atoms with E-state index in [0.717, 1.165) is 6.07 Å². The Bertz CT molecular complexity index is 551. The van der Waals surface area contributed by atoms with Gasteiger partial charge in [0.25, 0.3) is 5.69 Å². The number of non-ortho nitro benzene ring substituents is 1. The number of nitriles is 1. The molecule has 1 aromatic carbocycles. The largest absolute Gasteiger partial charge is 0.466 e. The Morgan fingerprint density at radius 3 is 2.74 bits per heavy atom. The Hall–Kier alpha value is -2.13. The number of alkyl halides is 1. The van der Waals surface area contributed by atoms with E-state index in [1.54, 1.807) is 6.92 Å². The molecule has 0 heterocycles. The van der Waals surface area contributed by atoms with Crippen molar-refractivity contribution in [1.29, 1.82) is 5.26 Å². The summed E-state index contributed by atoms with van der Waals surface area (Å²) < 4.78 is 4.78. The Morgan fingerprint density at radius 2 is 2.26 bits per heavy atom. The quantitative estimate of drug-likeness (QED) is 0.357. The lowest BCUT2D eigenvalue weighted by molar-refractivity contribution is -0.384. The first kappa shape index (κ1) is 14.9. The van der Waals surface area contributed by atoms with Crippen molar-refractivity contribution < 1.29 is 14.5 Å². The number of carbonyl (C=O) groups is 1. The third-order valence-corrected chi connectivity index (χ3v) is 2.70. The number of esters is 1. The first-order chi connectivity index (χ1) is 9.03. The van der Waals surface area contributed by atoms with E-state index in [1.807, 2.05) is 6.07 Å². The van der Waals surface area contributed by atoms with Crippen LogP contribution in [0.25, 0.3) is 0 Å². The molecular formula is C12H11ClN2O4. The summed E-state index contributed by atoms with van der Waals surface area (Å²) in [6.45, 7) is 1.88. The maximum absolute atomic E-state index is 11.4. The van der Waals surface area contributed by atoms with Crippen LogP contribution in [0, 0.1) is 21.4 Å². The molecule has 100 valence electrons. The van der Waals surface area contributed by atoms with Crippen LogP contribution < -0.4 is 0 Å². The highest BCUT2D eigenvalue weighted by Gasteiger charge is 2.18. The Balaban J connectivity index is 3.26. The fourth-order valence-electron chi connectivity index (χ4n) is 1.60. The molecule has 1 rings (SSSR count). The van der Waals surface area contributed by atoms with Crippen LogP contribution in [0.3, 0.4) is 0 Å². The van der Waals surface area contributed by atoms with Gasteiger partial charge in [-0.2, -0.15) is 5.26 Å². The summed E-state index contributed by atoms with van der Waals surface area (Å²) in [5.41, 5.74) is 0.621. The standard InChI is InChI=1S/C12H11ClN2O4/c1-2-19-12(16)5-8-3-10(15(17)18)4-9(7-14)11(8)6-13/h3-4H,2,5-6H2,1H3. The summed E-state index contributed by atoms with van der Waals surface area (Å²) in [6, 6.07) is 4.24. The first-order valence-electron chi connectivity index (χ1n) is 5.45. The monoisotopic (exact) mass is 282 g/mol. The smallest absolute Gasteiger partial charge is 0.310 e. The molecule has 6 nitrogen and oxygen atoms in total. The van der Waals surface area contributed by atoms with Gasteiger partial charge >= 0.3 is 5.97 Å². The van der Waals surface area contributed by atoms with Crippen molar-refractivity contribution in [3.05, 3.63) is 38.9 Å². The lowest BCUT2D eigenvalue weighted by Gasteiger charge is -2.08. The van der Waals surface area contributed by atoms with Crippen molar-refractivity contribution in [1.82, 2.24) is 0 Å². The third-order valence-electron chi connectivity index (χ3n) is 2.43. The molecule has 0 spiro atoms. The van der Waals surface area contributed by atoms with E-state index in [2.05, 4.69) is 0 Å². The second-order valence-electron chi connectivity index (χ2n) is 3.62. The van der Waals surface area contributed by atoms with Crippen LogP contribution >= 0.6 is 11.6 Å². The second kappa shape index (κ2) is 6.71. The van der Waals surface area contributed by atoms with Gasteiger partial charge in [-0.3, -0.25) is 14.9 Å². The number of rotatable bonds is 5. The van der Waals surface area contributed by atoms with Gasteiger partial charge < -0.3 is 4.74 Å². The summed E-state index contributed by atoms with van der Waals surface area (Å²) in [4.78, 5) is 21.6. The maximum Gasteiger partial charge on any atom is 0.310 e. The maximum atomic E-state index is 11.4. The summed E-state index contributed by atoms with van der Waals surface area (Å²) in [7, 11) is 0. The zero-order valence-electron chi connectivity index (χ0n) is 10.2. The Kier molecular flexibility index (Phi) is 5.27. The van der Waals surface area contributed by atoms with Gasteiger partial charge in [0.1, 0.15) is 0 Å². The molecule has 0 unspecified atom stereocenters. The van der Waals surface area contributed by atoms with Crippen LogP contribution in [0.15, 0.2) is 12.1 Å². The van der Waals surface area contributed by atoms with E-state index in [-0.39, 0.29) is 30.2 Å². The molecule has 19 heavy (non-hydrogen) atoms. The number of ether oxygens (including phenoxy) is 1. The molecule has 0 radical (unpaired) electrons. The first-order valence-corrected chi connectivity index (χ1v) is 5.98. The molecule has 0 aliphatic carbocycles. The lowest BCUT2D eigenvalue weighted by Crippen LogP contribution is -2.10. The number of carbonyl (C=O) groups excluding carboxylic acids is 1. The highest BCUT2D eigenvalue weighted by Crippen LogP contribution is 2.24. The number of hydrogen-bond donors (Lipinski definition) is 0. The lowest BCUT2D eigenvalue weighted by atomic mass is 9.99. The van der Waals surface area contributed by atoms with Crippen molar-refractivity contribution >= 4 is 23.3 Å². The van der Waals surface area contributed by atoms with Gasteiger partial charge in [-0.1, -0.05) is 0 Å². The SMILES string of the molecule is CCOC(=O)Cc1cc([N+](=O)[O-])cc(C#N)c1CCl. The Morgan fingerprint density at radius 1 is 1.58 bits per heavy atom. The van der Waals surface area contributed by atoms with E-state index >= 15 is 0 Å². The molecule has 0 fully saturated rings. The van der Waals surface area contributed by atoms with Gasteiger partial charge in [-0.05, 0) is 18.1 Å². The number of nitro benzene ring substituents is 1. The molecule has 0 amide bonds. The number of nitro groups is 1. The second-order valence-corrected chi connectivity index (χ2v) is 3.88. The van der Waals surface area contributed by atoms with Crippen LogP contribution in [0.4, 0.5) is 5.69 Å². The summed E-state index contributed by atoms with van der Waals surface area (Å²) in [5, 5.41) is 19.7. The normalized spacial score (nSPS) is 9.74. The predicted molar refractivity (Wildman–Crippen MR) is 67.7 cm³/mol. The van der Waals surface area contributed by atoms with Crippen LogP contribution in [-0.2, 0) is 21.8 Å². The van der Waals surface area contributed by atoms with E-state index in [0.29, 0.717) is 11.1 Å². The van der Waals surface area contributed by atoms with Gasteiger partial charge in [0.15, 0.2) is 0 Å². The van der Waals surface area contributed by atoms with Gasteiger partial charge in [-0.25, -0.2) is 0 Å². The molecule has 0 bridgehead atoms. The van der Waals surface area contributed by atoms with E-state index in [4.69, 9.17) is 21.6 Å². The van der Waals surface area contributed by atoms with Gasteiger partial charge in [0.05, 0.1) is 29.6 Å². The van der Waals surface area contributed by atoms with E-state index in [1.165, 1.54) is 6.07 Å². The molecule has 0 aliphatic heterocycles. The minimum absolute atomic E-state index is 0.00434. The molecular weight excluding hydrogens is 272 g/mol. The molecule has 7 heteroatoms. The van der Waals surface area contributed by atoms with Gasteiger partial charge in [-0.15, -0.1) is 11.6 Å². The highest BCUT2D eigenvalue weighted by molar-refractivity contribution is 6.17. The van der Waals surface area contributed by atoms with Crippen molar-refractivity contribution in [3.8, 4) is 6.07 Å². The fraction of sp³-hybridized carbons (Fsp3) is 0.333. The van der Waals surface area contributed by atoms with Crippen LogP contribution in [0.2, 0.25) is 0 Å². The minimum Gasteiger partial charge on any atom is -0.466 e. The van der Waals surface area contributed by atoms with Crippen molar-refractivity contribution in [3.63, 3.8) is 0 Å². The molecule has 0 atom stereocenters. The topological polar surface area (TPSA) is 93.2 Å². The zero-order valence-corrected chi connectivity index (χ0v) is 10.9. The summed E-state index contributed by atoms with van der Waals surface area (Å²) >= 11 is 5.74. The van der Waals surface area contributed by atoms with Crippen LogP contribution in [0.1, 0.15) is 23.6 Å². The molecule has 0 N–H and O–H groups in total. The fourth-order valence-corrected chi connectivity index (χ4v) is 1.92. The average Bonchev–Trinajstić information content (AvgIpc) is 2.37. The molecule has 0 aromatic heterocycles. The molecule has 1 aromatic rings. The van der Waals surface area contributed by atoms with E-state index < -0.39 is 10.9 Å². The summed E-state index contributed by atoms with van der Waals surface area (Å²) in [5.74, 6) is -0.520. The molecule has 0 saturated heterocycles. The number of benzene rings is 1. The summed E-state index contributed by atoms with van der Waals surface area (Å²) in [6.07, 6.45) is -0.147. The number of nitrogens with zero attached hydrogens (tertiary/aromatic N) is 2. The molecule has 0 saturated carbocycles. The molecule has 0 aliphatic rings. The van der Waals surface area contributed by atoms with Crippen molar-refractivity contribution in [2.24, 2.45) is 0 Å². The highest BCUT2D eigenvalue weighted by atomic mass is 35.5. The van der Waals surface area contributed by atoms with Crippen molar-refractivity contribution in [2.75, 3.05) is 6.61 Å². The zero-order chi connectivity index (χ0) is 14.4. The van der Waals surface area contributed by atoms with E-state index in [9.17, 15) is 14.9 Å². The minimum atomic E-state index is -0.618. The number of hydrogen-bond acceptors (Lipinski definition) is 5. The number of halogens is 1. The van der Waals surface area contributed by atoms with Crippen molar-refractivity contribution in [2.45, 2.75) is 19.2 Å². The van der Waals surface area contributed by atoms with Crippen LogP contribution in [0.5, 0.6) is 0 Å².